The van der Waals surface area contributed by atoms with Gasteiger partial charge in [-0.3, -0.25) is 0 Å². The summed E-state index contributed by atoms with van der Waals surface area (Å²) < 4.78 is 0. The molecule has 2 unspecified atom stereocenters. The predicted octanol–water partition coefficient (Wildman–Crippen LogP) is 0.511. The van der Waals surface area contributed by atoms with Gasteiger partial charge in [0.2, 0.25) is 0 Å². The van der Waals surface area contributed by atoms with Gasteiger partial charge in [-0.2, -0.15) is 0 Å². The molecule has 0 aromatic carbocycles. The van der Waals surface area contributed by atoms with Crippen molar-refractivity contribution in [2.45, 2.75) is 32.2 Å². The minimum Gasteiger partial charge on any atom is -0.409 e. The fraction of sp³-hybridized carbons (Fsp3) is 0.875. The van der Waals surface area contributed by atoms with E-state index in [-0.39, 0.29) is 0 Å². The van der Waals surface area contributed by atoms with Crippen molar-refractivity contribution in [2.75, 3.05) is 6.54 Å². The molecule has 1 fully saturated rings. The van der Waals surface area contributed by atoms with Crippen molar-refractivity contribution in [2.24, 2.45) is 16.8 Å². The predicted molar refractivity (Wildman–Crippen MR) is 48.2 cm³/mol. The van der Waals surface area contributed by atoms with Crippen LogP contribution in [-0.4, -0.2) is 23.6 Å². The number of oxime groups is 1. The van der Waals surface area contributed by atoms with Crippen LogP contribution in [0, 0.1) is 5.92 Å². The number of nitrogens with zero attached hydrogens (tertiary/aromatic N) is 1. The van der Waals surface area contributed by atoms with Gasteiger partial charge >= 0.3 is 0 Å². The Morgan fingerprint density at radius 2 is 2.50 bits per heavy atom. The summed E-state index contributed by atoms with van der Waals surface area (Å²) in [5, 5.41) is 14.5. The van der Waals surface area contributed by atoms with Crippen molar-refractivity contribution in [3.05, 3.63) is 0 Å². The van der Waals surface area contributed by atoms with E-state index in [1.165, 1.54) is 12.8 Å². The van der Waals surface area contributed by atoms with E-state index in [2.05, 4.69) is 17.4 Å². The lowest BCUT2D eigenvalue weighted by Crippen LogP contribution is -2.24. The quantitative estimate of drug-likeness (QED) is 0.244. The first-order valence-electron chi connectivity index (χ1n) is 4.47. The van der Waals surface area contributed by atoms with E-state index in [4.69, 9.17) is 10.9 Å². The zero-order chi connectivity index (χ0) is 8.97. The maximum Gasteiger partial charge on any atom is 0.140 e. The molecule has 2 atom stereocenters. The van der Waals surface area contributed by atoms with Gasteiger partial charge in [-0.05, 0) is 12.3 Å². The lowest BCUT2D eigenvalue weighted by atomic mass is 10.3. The van der Waals surface area contributed by atoms with Crippen LogP contribution in [0.2, 0.25) is 0 Å². The van der Waals surface area contributed by atoms with Crippen LogP contribution >= 0.6 is 0 Å². The highest BCUT2D eigenvalue weighted by Gasteiger charge is 2.34. The van der Waals surface area contributed by atoms with Crippen LogP contribution in [0.1, 0.15) is 26.2 Å². The number of nitrogens with two attached hydrogens (primary N) is 1. The number of nitrogens with one attached hydrogen (secondary N) is 1. The normalized spacial score (nSPS) is 28.9. The van der Waals surface area contributed by atoms with E-state index >= 15 is 0 Å². The highest BCUT2D eigenvalue weighted by molar-refractivity contribution is 5.79. The average molecular weight is 171 g/mol. The maximum absolute atomic E-state index is 8.25. The molecular weight excluding hydrogens is 154 g/mol. The number of hydrogen-bond donors (Lipinski definition) is 3. The molecule has 12 heavy (non-hydrogen) atoms. The fourth-order valence-corrected chi connectivity index (χ4v) is 1.38. The topological polar surface area (TPSA) is 70.6 Å². The van der Waals surface area contributed by atoms with Gasteiger partial charge in [0.15, 0.2) is 0 Å². The SMILES string of the molecule is CCC1CC1NCCC(N)=NO. The van der Waals surface area contributed by atoms with E-state index in [0.717, 1.165) is 12.5 Å². The van der Waals surface area contributed by atoms with Crippen LogP contribution < -0.4 is 11.1 Å². The van der Waals surface area contributed by atoms with Crippen LogP contribution in [0.3, 0.4) is 0 Å². The molecule has 0 heterocycles. The van der Waals surface area contributed by atoms with Crippen molar-refractivity contribution >= 4 is 5.84 Å². The second kappa shape index (κ2) is 4.30. The maximum atomic E-state index is 8.25. The van der Waals surface area contributed by atoms with Gasteiger partial charge < -0.3 is 16.3 Å². The van der Waals surface area contributed by atoms with E-state index in [0.29, 0.717) is 18.3 Å². The van der Waals surface area contributed by atoms with Crippen LogP contribution in [0.5, 0.6) is 0 Å². The first kappa shape index (κ1) is 9.32. The fourth-order valence-electron chi connectivity index (χ4n) is 1.38. The number of hydrogen-bond acceptors (Lipinski definition) is 3. The van der Waals surface area contributed by atoms with E-state index in [9.17, 15) is 0 Å². The number of amidine groups is 1. The Bertz CT molecular complexity index is 170. The molecule has 4 nitrogen and oxygen atoms in total. The zero-order valence-electron chi connectivity index (χ0n) is 7.45. The molecule has 0 spiro atoms. The zero-order valence-corrected chi connectivity index (χ0v) is 7.45. The summed E-state index contributed by atoms with van der Waals surface area (Å²) in [4.78, 5) is 0. The average Bonchev–Trinajstić information content (AvgIpc) is 2.83. The van der Waals surface area contributed by atoms with Crippen LogP contribution in [-0.2, 0) is 0 Å². The van der Waals surface area contributed by atoms with E-state index in [1.807, 2.05) is 0 Å². The Labute approximate surface area is 72.8 Å². The third kappa shape index (κ3) is 2.70. The molecule has 1 aliphatic rings. The first-order chi connectivity index (χ1) is 5.77. The third-order valence-corrected chi connectivity index (χ3v) is 2.36. The second-order valence-electron chi connectivity index (χ2n) is 3.31. The molecule has 1 rings (SSSR count). The Kier molecular flexibility index (Phi) is 3.34. The molecule has 4 heteroatoms. The molecule has 70 valence electrons. The minimum atomic E-state index is 0.302. The van der Waals surface area contributed by atoms with Gasteiger partial charge in [-0.1, -0.05) is 18.5 Å². The molecule has 1 aliphatic carbocycles. The molecule has 0 bridgehead atoms. The molecule has 0 amide bonds. The van der Waals surface area contributed by atoms with E-state index in [1.54, 1.807) is 0 Å². The highest BCUT2D eigenvalue weighted by Crippen LogP contribution is 2.32. The summed E-state index contributed by atoms with van der Waals surface area (Å²) in [6, 6.07) is 0.682. The number of rotatable bonds is 5. The van der Waals surface area contributed by atoms with Gasteiger partial charge in [-0.15, -0.1) is 0 Å². The summed E-state index contributed by atoms with van der Waals surface area (Å²) in [5.74, 6) is 1.16. The van der Waals surface area contributed by atoms with Crippen molar-refractivity contribution in [3.63, 3.8) is 0 Å². The Balaban J connectivity index is 1.97. The Morgan fingerprint density at radius 1 is 1.75 bits per heavy atom. The van der Waals surface area contributed by atoms with Crippen molar-refractivity contribution in [3.8, 4) is 0 Å². The summed E-state index contributed by atoms with van der Waals surface area (Å²) in [7, 11) is 0. The lowest BCUT2D eigenvalue weighted by molar-refractivity contribution is 0.316. The molecule has 0 aromatic heterocycles. The first-order valence-corrected chi connectivity index (χ1v) is 4.47. The molecular formula is C8H17N3O. The van der Waals surface area contributed by atoms with Crippen molar-refractivity contribution in [1.82, 2.24) is 5.32 Å². The highest BCUT2D eigenvalue weighted by atomic mass is 16.4. The van der Waals surface area contributed by atoms with Gasteiger partial charge in [0.1, 0.15) is 5.84 Å². The summed E-state index contributed by atoms with van der Waals surface area (Å²) >= 11 is 0. The van der Waals surface area contributed by atoms with Crippen LogP contribution in [0.15, 0.2) is 5.16 Å². The summed E-state index contributed by atoms with van der Waals surface area (Å²) in [6.45, 7) is 3.02. The van der Waals surface area contributed by atoms with Gasteiger partial charge in [-0.25, -0.2) is 0 Å². The Hall–Kier alpha value is -0.770. The van der Waals surface area contributed by atoms with Crippen LogP contribution in [0.25, 0.3) is 0 Å². The van der Waals surface area contributed by atoms with Gasteiger partial charge in [0.05, 0.1) is 0 Å². The lowest BCUT2D eigenvalue weighted by Gasteiger charge is -2.01. The molecule has 0 aliphatic heterocycles. The minimum absolute atomic E-state index is 0.302. The molecule has 4 N–H and O–H groups in total. The molecule has 0 saturated heterocycles. The molecule has 0 radical (unpaired) electrons. The largest absolute Gasteiger partial charge is 0.409 e. The summed E-state index contributed by atoms with van der Waals surface area (Å²) in [6.07, 6.45) is 3.16. The van der Waals surface area contributed by atoms with E-state index < -0.39 is 0 Å². The standard InChI is InChI=1S/C8H17N3O/c1-2-6-5-7(6)10-4-3-8(9)11-12/h6-7,10,12H,2-5H2,1H3,(H2,9,11). The second-order valence-corrected chi connectivity index (χ2v) is 3.31. The molecule has 0 aromatic rings. The van der Waals surface area contributed by atoms with Crippen LogP contribution in [0.4, 0.5) is 0 Å². The smallest absolute Gasteiger partial charge is 0.140 e. The van der Waals surface area contributed by atoms with Crippen molar-refractivity contribution < 1.29 is 5.21 Å². The Morgan fingerprint density at radius 3 is 3.00 bits per heavy atom. The van der Waals surface area contributed by atoms with Crippen molar-refractivity contribution in [1.29, 1.82) is 0 Å². The van der Waals surface area contributed by atoms with Gasteiger partial charge in [0.25, 0.3) is 0 Å². The van der Waals surface area contributed by atoms with Gasteiger partial charge in [0, 0.05) is 19.0 Å². The summed E-state index contributed by atoms with van der Waals surface area (Å²) in [5.41, 5.74) is 5.31. The molecule has 1 saturated carbocycles. The monoisotopic (exact) mass is 171 g/mol. The third-order valence-electron chi connectivity index (χ3n) is 2.36.